The lowest BCUT2D eigenvalue weighted by atomic mass is 10.2. The number of hydrogen-bond acceptors (Lipinski definition) is 4. The molecule has 8 heteroatoms. The standard InChI is InChI=1S/C21H26ClN5O2/c1-29-19-4-2-3-16(15-19)20(28)24-9-10-25-21(23)27-13-11-26(12-14-27)18-7-5-17(22)6-8-18/h2-8,15H,9-14H2,1H3,(H2,23,25)(H,24,28). The number of hydrogen-bond donors (Lipinski definition) is 2. The molecule has 2 aromatic rings. The highest BCUT2D eigenvalue weighted by atomic mass is 35.5. The zero-order chi connectivity index (χ0) is 20.6. The number of halogens is 1. The van der Waals surface area contributed by atoms with Gasteiger partial charge in [0.2, 0.25) is 0 Å². The number of guanidine groups is 1. The molecule has 0 unspecified atom stereocenters. The molecule has 0 bridgehead atoms. The number of nitrogens with zero attached hydrogens (tertiary/aromatic N) is 3. The van der Waals surface area contributed by atoms with E-state index in [0.717, 1.165) is 36.9 Å². The van der Waals surface area contributed by atoms with Crippen molar-refractivity contribution in [2.45, 2.75) is 0 Å². The lowest BCUT2D eigenvalue weighted by molar-refractivity contribution is 0.0954. The van der Waals surface area contributed by atoms with E-state index in [1.54, 1.807) is 31.4 Å². The molecule has 0 aromatic heterocycles. The third kappa shape index (κ3) is 5.77. The summed E-state index contributed by atoms with van der Waals surface area (Å²) in [4.78, 5) is 20.9. The molecule has 1 aliphatic heterocycles. The lowest BCUT2D eigenvalue weighted by Gasteiger charge is -2.36. The maximum atomic E-state index is 12.2. The van der Waals surface area contributed by atoms with Gasteiger partial charge in [0, 0.05) is 49.0 Å². The number of anilines is 1. The quantitative estimate of drug-likeness (QED) is 0.429. The second kappa shape index (κ2) is 10.0. The fraction of sp³-hybridized carbons (Fsp3) is 0.333. The number of methoxy groups -OCH3 is 1. The lowest BCUT2D eigenvalue weighted by Crippen LogP contribution is -2.51. The Morgan fingerprint density at radius 2 is 1.90 bits per heavy atom. The number of benzene rings is 2. The Balaban J connectivity index is 1.42. The maximum absolute atomic E-state index is 12.2. The number of nitrogens with two attached hydrogens (primary N) is 1. The zero-order valence-corrected chi connectivity index (χ0v) is 17.2. The molecule has 29 heavy (non-hydrogen) atoms. The van der Waals surface area contributed by atoms with Crippen LogP contribution in [0.15, 0.2) is 53.5 Å². The molecule has 0 spiro atoms. The molecule has 0 aliphatic carbocycles. The summed E-state index contributed by atoms with van der Waals surface area (Å²) in [7, 11) is 1.57. The molecule has 1 heterocycles. The van der Waals surface area contributed by atoms with Crippen molar-refractivity contribution in [3.63, 3.8) is 0 Å². The van der Waals surface area contributed by atoms with Crippen molar-refractivity contribution in [2.75, 3.05) is 51.3 Å². The van der Waals surface area contributed by atoms with Crippen LogP contribution < -0.4 is 20.7 Å². The molecular weight excluding hydrogens is 390 g/mol. The summed E-state index contributed by atoms with van der Waals surface area (Å²) < 4.78 is 5.14. The van der Waals surface area contributed by atoms with Gasteiger partial charge in [0.05, 0.1) is 13.7 Å². The monoisotopic (exact) mass is 415 g/mol. The van der Waals surface area contributed by atoms with Crippen LogP contribution in [0.2, 0.25) is 5.02 Å². The van der Waals surface area contributed by atoms with E-state index in [2.05, 4.69) is 20.1 Å². The summed E-state index contributed by atoms with van der Waals surface area (Å²) in [5.41, 5.74) is 7.84. The smallest absolute Gasteiger partial charge is 0.251 e. The van der Waals surface area contributed by atoms with Gasteiger partial charge in [-0.25, -0.2) is 0 Å². The Kier molecular flexibility index (Phi) is 7.19. The van der Waals surface area contributed by atoms with Crippen molar-refractivity contribution in [1.82, 2.24) is 10.2 Å². The van der Waals surface area contributed by atoms with E-state index in [0.29, 0.717) is 30.4 Å². The molecule has 3 rings (SSSR count). The highest BCUT2D eigenvalue weighted by Gasteiger charge is 2.18. The average molecular weight is 416 g/mol. The largest absolute Gasteiger partial charge is 0.497 e. The van der Waals surface area contributed by atoms with Crippen molar-refractivity contribution in [1.29, 1.82) is 0 Å². The van der Waals surface area contributed by atoms with E-state index in [1.807, 2.05) is 24.3 Å². The maximum Gasteiger partial charge on any atom is 0.251 e. The fourth-order valence-electron chi connectivity index (χ4n) is 3.15. The first kappa shape index (κ1) is 20.8. The summed E-state index contributed by atoms with van der Waals surface area (Å²) in [6.45, 7) is 4.18. The summed E-state index contributed by atoms with van der Waals surface area (Å²) in [6.07, 6.45) is 0. The third-order valence-electron chi connectivity index (χ3n) is 4.80. The van der Waals surface area contributed by atoms with Gasteiger partial charge in [0.15, 0.2) is 5.96 Å². The number of amides is 1. The number of rotatable bonds is 6. The van der Waals surface area contributed by atoms with Gasteiger partial charge >= 0.3 is 0 Å². The van der Waals surface area contributed by atoms with Crippen molar-refractivity contribution < 1.29 is 9.53 Å². The van der Waals surface area contributed by atoms with Crippen LogP contribution in [0.25, 0.3) is 0 Å². The van der Waals surface area contributed by atoms with Crippen LogP contribution in [0.5, 0.6) is 5.75 Å². The van der Waals surface area contributed by atoms with Crippen molar-refractivity contribution in [2.24, 2.45) is 10.7 Å². The fourth-order valence-corrected chi connectivity index (χ4v) is 3.28. The van der Waals surface area contributed by atoms with Gasteiger partial charge in [-0.2, -0.15) is 0 Å². The van der Waals surface area contributed by atoms with Crippen molar-refractivity contribution >= 4 is 29.2 Å². The van der Waals surface area contributed by atoms with Crippen LogP contribution in [0.4, 0.5) is 5.69 Å². The molecule has 2 aromatic carbocycles. The first-order valence-electron chi connectivity index (χ1n) is 9.54. The van der Waals surface area contributed by atoms with Crippen LogP contribution in [0, 0.1) is 0 Å². The summed E-state index contributed by atoms with van der Waals surface area (Å²) >= 11 is 5.95. The molecule has 0 saturated carbocycles. The molecule has 0 radical (unpaired) electrons. The molecule has 154 valence electrons. The highest BCUT2D eigenvalue weighted by molar-refractivity contribution is 6.30. The van der Waals surface area contributed by atoms with Crippen LogP contribution >= 0.6 is 11.6 Å². The predicted molar refractivity (Wildman–Crippen MR) is 117 cm³/mol. The minimum atomic E-state index is -0.158. The molecular formula is C21H26ClN5O2. The summed E-state index contributed by atoms with van der Waals surface area (Å²) in [6, 6.07) is 14.9. The predicted octanol–water partition coefficient (Wildman–Crippen LogP) is 2.22. The summed E-state index contributed by atoms with van der Waals surface area (Å²) in [5.74, 6) is 1.00. The van der Waals surface area contributed by atoms with Gasteiger partial charge < -0.3 is 25.6 Å². The Morgan fingerprint density at radius 3 is 2.59 bits per heavy atom. The highest BCUT2D eigenvalue weighted by Crippen LogP contribution is 2.19. The summed E-state index contributed by atoms with van der Waals surface area (Å²) in [5, 5.41) is 3.59. The number of carbonyl (C=O) groups excluding carboxylic acids is 1. The van der Waals surface area contributed by atoms with Crippen LogP contribution in [0.1, 0.15) is 10.4 Å². The third-order valence-corrected chi connectivity index (χ3v) is 5.05. The second-order valence-electron chi connectivity index (χ2n) is 6.68. The first-order valence-corrected chi connectivity index (χ1v) is 9.92. The molecule has 1 fully saturated rings. The molecule has 0 atom stereocenters. The molecule has 1 amide bonds. The van der Waals surface area contributed by atoms with E-state index >= 15 is 0 Å². The van der Waals surface area contributed by atoms with Crippen LogP contribution in [-0.2, 0) is 0 Å². The first-order chi connectivity index (χ1) is 14.1. The molecule has 1 saturated heterocycles. The second-order valence-corrected chi connectivity index (χ2v) is 7.11. The minimum absolute atomic E-state index is 0.158. The van der Waals surface area contributed by atoms with Gasteiger partial charge in [-0.05, 0) is 42.5 Å². The minimum Gasteiger partial charge on any atom is -0.497 e. The Hall–Kier alpha value is -2.93. The van der Waals surface area contributed by atoms with Gasteiger partial charge in [-0.1, -0.05) is 17.7 Å². The number of piperazine rings is 1. The number of aliphatic imine (C=N–C) groups is 1. The van der Waals surface area contributed by atoms with Crippen molar-refractivity contribution in [3.05, 3.63) is 59.1 Å². The average Bonchev–Trinajstić information content (AvgIpc) is 2.77. The zero-order valence-electron chi connectivity index (χ0n) is 16.5. The Labute approximate surface area is 176 Å². The van der Waals surface area contributed by atoms with Crippen molar-refractivity contribution in [3.8, 4) is 5.75 Å². The Bertz CT molecular complexity index is 848. The Morgan fingerprint density at radius 1 is 1.17 bits per heavy atom. The normalized spacial score (nSPS) is 14.6. The van der Waals surface area contributed by atoms with E-state index < -0.39 is 0 Å². The molecule has 3 N–H and O–H groups in total. The number of nitrogens with one attached hydrogen (secondary N) is 1. The van der Waals surface area contributed by atoms with Crippen LogP contribution in [-0.4, -0.2) is 63.1 Å². The van der Waals surface area contributed by atoms with Gasteiger partial charge in [0.1, 0.15) is 5.75 Å². The van der Waals surface area contributed by atoms with Crippen LogP contribution in [0.3, 0.4) is 0 Å². The number of ether oxygens (including phenoxy) is 1. The van der Waals surface area contributed by atoms with E-state index in [-0.39, 0.29) is 5.91 Å². The van der Waals surface area contributed by atoms with E-state index in [1.165, 1.54) is 0 Å². The topological polar surface area (TPSA) is 83.2 Å². The number of carbonyl (C=O) groups is 1. The van der Waals surface area contributed by atoms with E-state index in [4.69, 9.17) is 22.1 Å². The SMILES string of the molecule is COc1cccc(C(=O)NCCN=C(N)N2CCN(c3ccc(Cl)cc3)CC2)c1. The van der Waals surface area contributed by atoms with Gasteiger partial charge in [-0.15, -0.1) is 0 Å². The molecule has 7 nitrogen and oxygen atoms in total. The molecule has 1 aliphatic rings. The van der Waals surface area contributed by atoms with Gasteiger partial charge in [-0.3, -0.25) is 9.79 Å². The van der Waals surface area contributed by atoms with E-state index in [9.17, 15) is 4.79 Å². The van der Waals surface area contributed by atoms with Gasteiger partial charge in [0.25, 0.3) is 5.91 Å².